The van der Waals surface area contributed by atoms with Gasteiger partial charge in [-0.25, -0.2) is 0 Å². The number of esters is 1. The van der Waals surface area contributed by atoms with Crippen LogP contribution in [-0.4, -0.2) is 39.4 Å². The highest BCUT2D eigenvalue weighted by molar-refractivity contribution is 6.30. The van der Waals surface area contributed by atoms with Crippen LogP contribution in [0.1, 0.15) is 31.6 Å². The minimum atomic E-state index is -0.688. The molecule has 1 aromatic heterocycles. The zero-order chi connectivity index (χ0) is 19.7. The third-order valence-electron chi connectivity index (χ3n) is 5.15. The minimum absolute atomic E-state index is 0.117. The molecule has 0 N–H and O–H groups in total. The van der Waals surface area contributed by atoms with Crippen molar-refractivity contribution in [3.05, 3.63) is 35.2 Å². The van der Waals surface area contributed by atoms with Gasteiger partial charge in [0.1, 0.15) is 6.54 Å². The molecule has 1 aliphatic carbocycles. The van der Waals surface area contributed by atoms with Gasteiger partial charge in [-0.05, 0) is 37.1 Å². The molecule has 0 bridgehead atoms. The first-order valence-corrected chi connectivity index (χ1v) is 9.50. The molecule has 0 spiro atoms. The van der Waals surface area contributed by atoms with E-state index in [0.29, 0.717) is 29.3 Å². The number of carbonyl (C=O) groups is 3. The van der Waals surface area contributed by atoms with E-state index in [1.54, 1.807) is 24.3 Å². The maximum absolute atomic E-state index is 12.4. The van der Waals surface area contributed by atoms with E-state index < -0.39 is 5.97 Å². The van der Waals surface area contributed by atoms with Crippen molar-refractivity contribution >= 4 is 29.4 Å². The first-order chi connectivity index (χ1) is 13.5. The molecule has 2 aliphatic rings. The molecule has 1 saturated carbocycles. The summed E-state index contributed by atoms with van der Waals surface area (Å²) in [4.78, 5) is 42.1. The fourth-order valence-electron chi connectivity index (χ4n) is 3.73. The maximum atomic E-state index is 12.4. The van der Waals surface area contributed by atoms with Crippen LogP contribution in [0.3, 0.4) is 0 Å². The van der Waals surface area contributed by atoms with Gasteiger partial charge in [-0.15, -0.1) is 0 Å². The van der Waals surface area contributed by atoms with Crippen LogP contribution >= 0.6 is 11.6 Å². The van der Waals surface area contributed by atoms with Crippen LogP contribution in [0.4, 0.5) is 0 Å². The number of benzene rings is 1. The van der Waals surface area contributed by atoms with Crippen molar-refractivity contribution in [1.29, 1.82) is 0 Å². The van der Waals surface area contributed by atoms with Crippen molar-refractivity contribution in [2.45, 2.75) is 32.3 Å². The Hall–Kier alpha value is -2.74. The Morgan fingerprint density at radius 1 is 1.14 bits per heavy atom. The Morgan fingerprint density at radius 3 is 2.43 bits per heavy atom. The standard InChI is InChI=1S/C19H18ClN3O5/c20-12-7-5-11(6-8-12)17-21-15(28-22-17)10-27-16(24)9-23-18(25)13-3-1-2-4-14(13)19(23)26/h5-8,13-14H,1-4,9-10H2/t13-,14-/m0/s1. The topological polar surface area (TPSA) is 103 Å². The zero-order valence-electron chi connectivity index (χ0n) is 15.0. The third kappa shape index (κ3) is 3.64. The summed E-state index contributed by atoms with van der Waals surface area (Å²) in [6.07, 6.45) is 3.28. The van der Waals surface area contributed by atoms with Gasteiger partial charge in [0.25, 0.3) is 5.89 Å². The molecule has 0 radical (unpaired) electrons. The number of aromatic nitrogens is 2. The predicted molar refractivity (Wildman–Crippen MR) is 96.7 cm³/mol. The number of amides is 2. The van der Waals surface area contributed by atoms with E-state index in [9.17, 15) is 14.4 Å². The minimum Gasteiger partial charge on any atom is -0.454 e. The second-order valence-corrected chi connectivity index (χ2v) is 7.38. The molecular formula is C19H18ClN3O5. The number of imide groups is 1. The molecule has 2 fully saturated rings. The van der Waals surface area contributed by atoms with E-state index in [1.165, 1.54) is 0 Å². The molecule has 2 amide bonds. The maximum Gasteiger partial charge on any atom is 0.326 e. The third-order valence-corrected chi connectivity index (χ3v) is 5.40. The average molecular weight is 404 g/mol. The monoisotopic (exact) mass is 403 g/mol. The van der Waals surface area contributed by atoms with Gasteiger partial charge in [-0.2, -0.15) is 4.98 Å². The largest absolute Gasteiger partial charge is 0.454 e. The summed E-state index contributed by atoms with van der Waals surface area (Å²) in [5.74, 6) is -1.34. The van der Waals surface area contributed by atoms with Gasteiger partial charge >= 0.3 is 5.97 Å². The summed E-state index contributed by atoms with van der Waals surface area (Å²) < 4.78 is 10.2. The van der Waals surface area contributed by atoms with Crippen molar-refractivity contribution in [1.82, 2.24) is 15.0 Å². The first-order valence-electron chi connectivity index (χ1n) is 9.12. The number of likely N-dealkylation sites (tertiary alicyclic amines) is 1. The van der Waals surface area contributed by atoms with Gasteiger partial charge in [-0.3, -0.25) is 19.3 Å². The Bertz CT molecular complexity index is 887. The number of carbonyl (C=O) groups excluding carboxylic acids is 3. The lowest BCUT2D eigenvalue weighted by Crippen LogP contribution is -2.36. The zero-order valence-corrected chi connectivity index (χ0v) is 15.7. The van der Waals surface area contributed by atoms with E-state index in [4.69, 9.17) is 20.9 Å². The molecule has 1 aromatic carbocycles. The van der Waals surface area contributed by atoms with Gasteiger partial charge in [0.15, 0.2) is 6.61 Å². The highest BCUT2D eigenvalue weighted by atomic mass is 35.5. The highest BCUT2D eigenvalue weighted by Crippen LogP contribution is 2.37. The predicted octanol–water partition coefficient (Wildman–Crippen LogP) is 2.61. The van der Waals surface area contributed by atoms with E-state index in [-0.39, 0.29) is 42.7 Å². The Balaban J connectivity index is 1.33. The van der Waals surface area contributed by atoms with Gasteiger partial charge in [0, 0.05) is 10.6 Å². The van der Waals surface area contributed by atoms with Crippen LogP contribution in [0.15, 0.2) is 28.8 Å². The summed E-state index contributed by atoms with van der Waals surface area (Å²) in [5, 5.41) is 4.42. The molecule has 28 heavy (non-hydrogen) atoms. The number of hydrogen-bond acceptors (Lipinski definition) is 7. The normalized spacial score (nSPS) is 21.7. The fourth-order valence-corrected chi connectivity index (χ4v) is 3.86. The molecule has 8 nitrogen and oxygen atoms in total. The summed E-state index contributed by atoms with van der Waals surface area (Å²) in [5.41, 5.74) is 0.710. The number of ether oxygens (including phenoxy) is 1. The Kier molecular flexibility index (Phi) is 5.13. The van der Waals surface area contributed by atoms with Crippen LogP contribution in [0, 0.1) is 11.8 Å². The molecule has 146 valence electrons. The summed E-state index contributed by atoms with van der Waals surface area (Å²) >= 11 is 5.85. The van der Waals surface area contributed by atoms with Crippen molar-refractivity contribution < 1.29 is 23.6 Å². The van der Waals surface area contributed by atoms with Crippen molar-refractivity contribution in [2.24, 2.45) is 11.8 Å². The quantitative estimate of drug-likeness (QED) is 0.558. The summed E-state index contributed by atoms with van der Waals surface area (Å²) in [7, 11) is 0. The molecule has 9 heteroatoms. The number of rotatable bonds is 5. The highest BCUT2D eigenvalue weighted by Gasteiger charge is 2.48. The lowest BCUT2D eigenvalue weighted by atomic mass is 9.81. The summed E-state index contributed by atoms with van der Waals surface area (Å²) in [6.45, 7) is -0.620. The summed E-state index contributed by atoms with van der Waals surface area (Å²) in [6, 6.07) is 6.89. The number of halogens is 1. The van der Waals surface area contributed by atoms with Crippen molar-refractivity contribution in [3.63, 3.8) is 0 Å². The average Bonchev–Trinajstić information content (AvgIpc) is 3.27. The second-order valence-electron chi connectivity index (χ2n) is 6.94. The number of fused-ring (bicyclic) bond motifs is 1. The SMILES string of the molecule is O=C(CN1C(=O)[C@H]2CCCC[C@@H]2C1=O)OCc1nc(-c2ccc(Cl)cc2)no1. The number of hydrogen-bond donors (Lipinski definition) is 0. The number of nitrogens with zero attached hydrogens (tertiary/aromatic N) is 3. The molecule has 0 unspecified atom stereocenters. The van der Waals surface area contributed by atoms with Gasteiger partial charge in [0.2, 0.25) is 17.6 Å². The first kappa shape index (κ1) is 18.6. The molecule has 4 rings (SSSR count). The van der Waals surface area contributed by atoms with E-state index in [2.05, 4.69) is 10.1 Å². The van der Waals surface area contributed by atoms with Crippen LogP contribution in [0.5, 0.6) is 0 Å². The van der Waals surface area contributed by atoms with Crippen LogP contribution in [0.2, 0.25) is 5.02 Å². The lowest BCUT2D eigenvalue weighted by molar-refractivity contribution is -0.154. The Labute approximate surface area is 165 Å². The second kappa shape index (κ2) is 7.71. The van der Waals surface area contributed by atoms with Gasteiger partial charge < -0.3 is 9.26 Å². The van der Waals surface area contributed by atoms with Crippen LogP contribution in [-0.2, 0) is 25.7 Å². The van der Waals surface area contributed by atoms with E-state index >= 15 is 0 Å². The fraction of sp³-hybridized carbons (Fsp3) is 0.421. The molecule has 2 heterocycles. The molecule has 2 aromatic rings. The van der Waals surface area contributed by atoms with Crippen LogP contribution < -0.4 is 0 Å². The molecule has 2 atom stereocenters. The van der Waals surface area contributed by atoms with Crippen molar-refractivity contribution in [2.75, 3.05) is 6.54 Å². The van der Waals surface area contributed by atoms with Crippen molar-refractivity contribution in [3.8, 4) is 11.4 Å². The molecule has 1 saturated heterocycles. The van der Waals surface area contributed by atoms with Gasteiger partial charge in [0.05, 0.1) is 11.8 Å². The molecular weight excluding hydrogens is 386 g/mol. The lowest BCUT2D eigenvalue weighted by Gasteiger charge is -2.19. The smallest absolute Gasteiger partial charge is 0.326 e. The van der Waals surface area contributed by atoms with Gasteiger partial charge in [-0.1, -0.05) is 29.6 Å². The molecule has 1 aliphatic heterocycles. The van der Waals surface area contributed by atoms with E-state index in [1.807, 2.05) is 0 Å². The Morgan fingerprint density at radius 2 is 1.79 bits per heavy atom. The van der Waals surface area contributed by atoms with Crippen LogP contribution in [0.25, 0.3) is 11.4 Å². The van der Waals surface area contributed by atoms with E-state index in [0.717, 1.165) is 17.7 Å².